The third-order valence-electron chi connectivity index (χ3n) is 3.88. The smallest absolute Gasteiger partial charge is 0.305 e. The molecule has 1 aromatic rings. The fraction of sp³-hybridized carbons (Fsp3) is 0.556. The molecule has 23 heavy (non-hydrogen) atoms. The van der Waals surface area contributed by atoms with E-state index in [0.29, 0.717) is 25.9 Å². The maximum atomic E-state index is 12.1. The summed E-state index contributed by atoms with van der Waals surface area (Å²) in [5, 5.41) is 0. The first-order valence-corrected chi connectivity index (χ1v) is 9.42. The Kier molecular flexibility index (Phi) is 7.62. The highest BCUT2D eigenvalue weighted by molar-refractivity contribution is 7.99. The van der Waals surface area contributed by atoms with Crippen LogP contribution in [0.4, 0.5) is 0 Å². The van der Waals surface area contributed by atoms with Crippen LogP contribution in [-0.2, 0) is 16.1 Å². The minimum absolute atomic E-state index is 0.0928. The van der Waals surface area contributed by atoms with Crippen molar-refractivity contribution in [2.24, 2.45) is 0 Å². The minimum atomic E-state index is -0.227. The molecule has 1 aliphatic rings. The van der Waals surface area contributed by atoms with Crippen LogP contribution >= 0.6 is 11.8 Å². The summed E-state index contributed by atoms with van der Waals surface area (Å²) in [7, 11) is 0. The Hall–Kier alpha value is -1.33. The zero-order valence-corrected chi connectivity index (χ0v) is 14.6. The third kappa shape index (κ3) is 6.36. The number of ether oxygens (including phenoxy) is 1. The van der Waals surface area contributed by atoms with Gasteiger partial charge in [0.2, 0.25) is 0 Å². The number of ketones is 1. The second kappa shape index (κ2) is 9.73. The molecule has 1 aliphatic heterocycles. The van der Waals surface area contributed by atoms with E-state index in [1.165, 1.54) is 17.1 Å². The van der Waals surface area contributed by atoms with Crippen LogP contribution in [-0.4, -0.2) is 47.9 Å². The Labute approximate surface area is 142 Å². The van der Waals surface area contributed by atoms with Gasteiger partial charge in [-0.15, -0.1) is 0 Å². The van der Waals surface area contributed by atoms with E-state index in [1.54, 1.807) is 6.92 Å². The van der Waals surface area contributed by atoms with E-state index < -0.39 is 0 Å². The molecule has 0 spiro atoms. The summed E-state index contributed by atoms with van der Waals surface area (Å²) in [6, 6.07) is 7.89. The number of hydrogen-bond acceptors (Lipinski definition) is 5. The summed E-state index contributed by atoms with van der Waals surface area (Å²) < 4.78 is 4.86. The van der Waals surface area contributed by atoms with Gasteiger partial charge in [0.05, 0.1) is 6.61 Å². The highest BCUT2D eigenvalue weighted by Crippen LogP contribution is 2.14. The molecule has 0 atom stereocenters. The van der Waals surface area contributed by atoms with Gasteiger partial charge in [-0.2, -0.15) is 11.8 Å². The number of carbonyl (C=O) groups is 2. The molecule has 0 saturated carbocycles. The molecule has 0 N–H and O–H groups in total. The van der Waals surface area contributed by atoms with E-state index in [-0.39, 0.29) is 11.8 Å². The van der Waals surface area contributed by atoms with Crippen LogP contribution in [0.1, 0.15) is 42.1 Å². The van der Waals surface area contributed by atoms with E-state index >= 15 is 0 Å². The number of rotatable bonds is 8. The molecule has 0 radical (unpaired) electrons. The standard InChI is InChI=1S/C18H25NO3S/c1-2-22-18(21)5-3-4-17(20)16-8-6-15(7-9-16)14-19-10-12-23-13-11-19/h6-9H,2-5,10-14H2,1H3. The molecule has 1 aromatic carbocycles. The molecule has 126 valence electrons. The topological polar surface area (TPSA) is 46.6 Å². The lowest BCUT2D eigenvalue weighted by Gasteiger charge is -2.26. The molecule has 1 fully saturated rings. The number of nitrogens with zero attached hydrogens (tertiary/aromatic N) is 1. The van der Waals surface area contributed by atoms with Gasteiger partial charge < -0.3 is 4.74 Å². The Morgan fingerprint density at radius 1 is 1.13 bits per heavy atom. The van der Waals surface area contributed by atoms with Gasteiger partial charge in [0.25, 0.3) is 0 Å². The summed E-state index contributed by atoms with van der Waals surface area (Å²) in [6.45, 7) is 5.41. The highest BCUT2D eigenvalue weighted by Gasteiger charge is 2.12. The Bertz CT molecular complexity index is 510. The molecule has 2 rings (SSSR count). The Balaban J connectivity index is 1.76. The first kappa shape index (κ1) is 18.0. The van der Waals surface area contributed by atoms with Crippen LogP contribution in [0.3, 0.4) is 0 Å². The largest absolute Gasteiger partial charge is 0.466 e. The van der Waals surface area contributed by atoms with Crippen molar-refractivity contribution in [1.29, 1.82) is 0 Å². The fourth-order valence-corrected chi connectivity index (χ4v) is 3.56. The molecule has 0 unspecified atom stereocenters. The second-order valence-electron chi connectivity index (χ2n) is 5.67. The predicted octanol–water partition coefficient (Wildman–Crippen LogP) is 3.15. The van der Waals surface area contributed by atoms with Crippen molar-refractivity contribution in [2.45, 2.75) is 32.7 Å². The van der Waals surface area contributed by atoms with Crippen molar-refractivity contribution < 1.29 is 14.3 Å². The molecule has 1 heterocycles. The van der Waals surface area contributed by atoms with Gasteiger partial charge in [-0.05, 0) is 18.9 Å². The number of esters is 1. The van der Waals surface area contributed by atoms with E-state index in [0.717, 1.165) is 25.2 Å². The van der Waals surface area contributed by atoms with Gasteiger partial charge in [0.1, 0.15) is 0 Å². The normalized spacial score (nSPS) is 15.3. The zero-order valence-electron chi connectivity index (χ0n) is 13.8. The van der Waals surface area contributed by atoms with E-state index in [1.807, 2.05) is 36.0 Å². The number of Topliss-reactive ketones (excluding diaryl/α,β-unsaturated/α-hetero) is 1. The van der Waals surface area contributed by atoms with Crippen LogP contribution < -0.4 is 0 Å². The number of hydrogen-bond donors (Lipinski definition) is 0. The monoisotopic (exact) mass is 335 g/mol. The summed E-state index contributed by atoms with van der Waals surface area (Å²) in [6.07, 6.45) is 1.25. The summed E-state index contributed by atoms with van der Waals surface area (Å²) >= 11 is 2.01. The van der Waals surface area contributed by atoms with Gasteiger partial charge in [-0.1, -0.05) is 24.3 Å². The quantitative estimate of drug-likeness (QED) is 0.539. The fourth-order valence-electron chi connectivity index (χ4n) is 2.58. The lowest BCUT2D eigenvalue weighted by molar-refractivity contribution is -0.143. The van der Waals surface area contributed by atoms with Crippen LogP contribution in [0.15, 0.2) is 24.3 Å². The zero-order chi connectivity index (χ0) is 16.5. The van der Waals surface area contributed by atoms with Gasteiger partial charge >= 0.3 is 5.97 Å². The molecule has 4 nitrogen and oxygen atoms in total. The maximum absolute atomic E-state index is 12.1. The van der Waals surface area contributed by atoms with Gasteiger partial charge in [-0.25, -0.2) is 0 Å². The van der Waals surface area contributed by atoms with Crippen molar-refractivity contribution in [3.63, 3.8) is 0 Å². The molecular weight excluding hydrogens is 310 g/mol. The van der Waals surface area contributed by atoms with Gasteiger partial charge in [0.15, 0.2) is 5.78 Å². The average molecular weight is 335 g/mol. The third-order valence-corrected chi connectivity index (χ3v) is 4.82. The molecule has 1 saturated heterocycles. The van der Waals surface area contributed by atoms with Crippen LogP contribution in [0.25, 0.3) is 0 Å². The summed E-state index contributed by atoms with van der Waals surface area (Å²) in [5.41, 5.74) is 1.98. The van der Waals surface area contributed by atoms with Crippen LogP contribution in [0.2, 0.25) is 0 Å². The molecular formula is C18H25NO3S. The highest BCUT2D eigenvalue weighted by atomic mass is 32.2. The minimum Gasteiger partial charge on any atom is -0.466 e. The van der Waals surface area contributed by atoms with Crippen molar-refractivity contribution in [1.82, 2.24) is 4.90 Å². The lowest BCUT2D eigenvalue weighted by Crippen LogP contribution is -2.31. The second-order valence-corrected chi connectivity index (χ2v) is 6.89. The average Bonchev–Trinajstić information content (AvgIpc) is 2.56. The van der Waals surface area contributed by atoms with Gasteiger partial charge in [-0.3, -0.25) is 14.5 Å². The molecule has 0 bridgehead atoms. The lowest BCUT2D eigenvalue weighted by atomic mass is 10.0. The van der Waals surface area contributed by atoms with Crippen molar-refractivity contribution in [3.05, 3.63) is 35.4 Å². The Morgan fingerprint density at radius 2 is 1.83 bits per heavy atom. The first-order chi connectivity index (χ1) is 11.2. The SMILES string of the molecule is CCOC(=O)CCCC(=O)c1ccc(CN2CCSCC2)cc1. The molecule has 0 aliphatic carbocycles. The van der Waals surface area contributed by atoms with Crippen LogP contribution in [0.5, 0.6) is 0 Å². The number of thioether (sulfide) groups is 1. The van der Waals surface area contributed by atoms with Crippen molar-refractivity contribution >= 4 is 23.5 Å². The van der Waals surface area contributed by atoms with E-state index in [4.69, 9.17) is 4.74 Å². The molecule has 0 amide bonds. The van der Waals surface area contributed by atoms with Crippen LogP contribution in [0, 0.1) is 0 Å². The predicted molar refractivity (Wildman–Crippen MR) is 93.9 cm³/mol. The first-order valence-electron chi connectivity index (χ1n) is 8.27. The van der Waals surface area contributed by atoms with Crippen molar-refractivity contribution in [3.8, 4) is 0 Å². The molecule has 5 heteroatoms. The molecule has 0 aromatic heterocycles. The summed E-state index contributed by atoms with van der Waals surface area (Å²) in [4.78, 5) is 25.8. The van der Waals surface area contributed by atoms with E-state index in [2.05, 4.69) is 4.90 Å². The van der Waals surface area contributed by atoms with Gasteiger partial charge in [0, 0.05) is 49.5 Å². The Morgan fingerprint density at radius 3 is 2.48 bits per heavy atom. The van der Waals surface area contributed by atoms with Crippen molar-refractivity contribution in [2.75, 3.05) is 31.2 Å². The number of carbonyl (C=O) groups excluding carboxylic acids is 2. The van der Waals surface area contributed by atoms with E-state index in [9.17, 15) is 9.59 Å². The maximum Gasteiger partial charge on any atom is 0.305 e. The number of benzene rings is 1. The summed E-state index contributed by atoms with van der Waals surface area (Å²) in [5.74, 6) is 2.28.